The maximum Gasteiger partial charge on any atom is 1.00 e. The first kappa shape index (κ1) is 22.9. The van der Waals surface area contributed by atoms with Crippen LogP contribution in [-0.2, 0) is 12.6 Å². The van der Waals surface area contributed by atoms with Gasteiger partial charge in [0, 0.05) is 12.2 Å². The molecule has 0 spiro atoms. The zero-order valence-electron chi connectivity index (χ0n) is 8.40. The Kier molecular flexibility index (Phi) is 43.1. The first-order valence-corrected chi connectivity index (χ1v) is 3.66. The Labute approximate surface area is 102 Å². The van der Waals surface area contributed by atoms with Crippen molar-refractivity contribution in [3.05, 3.63) is 0 Å². The molecule has 0 unspecified atom stereocenters. The van der Waals surface area contributed by atoms with Crippen LogP contribution in [0.1, 0.15) is 27.7 Å². The molecule has 0 fully saturated rings. The van der Waals surface area contributed by atoms with E-state index in [1.807, 2.05) is 0 Å². The van der Waals surface area contributed by atoms with Crippen LogP contribution in [0.3, 0.4) is 0 Å². The molecule has 0 rings (SSSR count). The molecule has 3 nitrogen and oxygen atoms in total. The van der Waals surface area contributed by atoms with Crippen molar-refractivity contribution in [2.45, 2.75) is 39.9 Å². The normalized spacial score (nSPS) is 6.58. The molecule has 0 aliphatic rings. The van der Waals surface area contributed by atoms with E-state index in [1.165, 1.54) is 5.40 Å². The number of nitrogens with zero attached hydrogens (tertiary/aromatic N) is 1. The number of aliphatic hydroxyl groups is 2. The number of rotatable bonds is 0. The minimum Gasteiger partial charge on any atom is -0.696 e. The van der Waals surface area contributed by atoms with E-state index in [9.17, 15) is 0 Å². The summed E-state index contributed by atoms with van der Waals surface area (Å²) < 4.78 is 0. The van der Waals surface area contributed by atoms with Gasteiger partial charge in [0.05, 0.1) is 0 Å². The van der Waals surface area contributed by atoms with Crippen LogP contribution in [0.2, 0.25) is 0 Å². The molecule has 0 aromatic heterocycles. The van der Waals surface area contributed by atoms with E-state index >= 15 is 0 Å². The predicted molar refractivity (Wildman–Crippen MR) is 47.7 cm³/mol. The Bertz CT molecular complexity index is 82.4. The summed E-state index contributed by atoms with van der Waals surface area (Å²) in [5.41, 5.74) is 0. The topological polar surface area (TPSA) is 64.2 Å². The fourth-order valence-corrected chi connectivity index (χ4v) is 0. The Morgan fingerprint density at radius 2 is 1.08 bits per heavy atom. The van der Waals surface area contributed by atoms with Crippen LogP contribution in [0, 0.1) is 10.7 Å². The summed E-state index contributed by atoms with van der Waals surface area (Å²) in [7, 11) is 0. The Balaban J connectivity index is -0.0000000389. The molecule has 0 amide bonds. The van der Waals surface area contributed by atoms with Gasteiger partial charge >= 0.3 is 29.6 Å². The summed E-state index contributed by atoms with van der Waals surface area (Å²) in [6.45, 7) is 6.89. The van der Waals surface area contributed by atoms with Gasteiger partial charge in [0.1, 0.15) is 0 Å². The van der Waals surface area contributed by atoms with Crippen LogP contribution >= 0.6 is 0 Å². The Hall–Kier alpha value is 0.630. The van der Waals surface area contributed by atoms with Gasteiger partial charge in [-0.1, -0.05) is 5.40 Å². The van der Waals surface area contributed by atoms with Crippen LogP contribution in [0.25, 0.3) is 0 Å². The van der Waals surface area contributed by atoms with Gasteiger partial charge in [-0.05, 0) is 27.7 Å². The number of hydrogen-bond acceptors (Lipinski definition) is 4. The summed E-state index contributed by atoms with van der Waals surface area (Å²) >= 11 is 3.70. The monoisotopic (exact) mass is 201 g/mol. The molecule has 0 aromatic rings. The smallest absolute Gasteiger partial charge is 0.696 e. The van der Waals surface area contributed by atoms with E-state index in [0.29, 0.717) is 0 Å². The fourth-order valence-electron chi connectivity index (χ4n) is 0. The molecule has 2 N–H and O–H groups in total. The quantitative estimate of drug-likeness (QED) is 0.265. The van der Waals surface area contributed by atoms with E-state index in [-0.39, 0.29) is 41.8 Å². The van der Waals surface area contributed by atoms with Gasteiger partial charge in [0.25, 0.3) is 0 Å². The van der Waals surface area contributed by atoms with Gasteiger partial charge in [-0.25, -0.2) is 5.26 Å². The van der Waals surface area contributed by atoms with Gasteiger partial charge in [-0.3, -0.25) is 0 Å². The van der Waals surface area contributed by atoms with Crippen molar-refractivity contribution in [3.8, 4) is 5.40 Å². The van der Waals surface area contributed by atoms with Crippen LogP contribution in [0.15, 0.2) is 0 Å². The second-order valence-corrected chi connectivity index (χ2v) is 2.46. The number of aliphatic hydroxyl groups excluding tert-OH is 2. The molecule has 0 heterocycles. The second-order valence-electron chi connectivity index (χ2n) is 2.28. The average Bonchev–Trinajstić information content (AvgIpc) is 1.60. The van der Waals surface area contributed by atoms with E-state index in [0.717, 1.165) is 0 Å². The molecule has 0 radical (unpaired) electrons. The minimum absolute atomic E-state index is 0. The van der Waals surface area contributed by atoms with Crippen molar-refractivity contribution in [1.82, 2.24) is 0 Å². The third-order valence-electron chi connectivity index (χ3n) is 0. The maximum absolute atomic E-state index is 8.06. The van der Waals surface area contributed by atoms with Crippen molar-refractivity contribution in [2.24, 2.45) is 0 Å². The molecular weight excluding hydrogens is 185 g/mol. The molecule has 0 aliphatic heterocycles. The fraction of sp³-hybridized carbons (Fsp3) is 0.857. The zero-order chi connectivity index (χ0) is 9.86. The maximum atomic E-state index is 8.06. The molecule has 0 atom stereocenters. The summed E-state index contributed by atoms with van der Waals surface area (Å²) in [6, 6.07) is 0. The van der Waals surface area contributed by atoms with Crippen molar-refractivity contribution < 1.29 is 39.8 Å². The zero-order valence-corrected chi connectivity index (χ0v) is 11.2. The van der Waals surface area contributed by atoms with Crippen molar-refractivity contribution in [2.75, 3.05) is 0 Å². The van der Waals surface area contributed by atoms with Gasteiger partial charge in [0.15, 0.2) is 0 Å². The molecule has 0 saturated heterocycles. The summed E-state index contributed by atoms with van der Waals surface area (Å²) in [6.07, 6.45) is -0.333. The number of hydrogen-bond donors (Lipinski definition) is 2. The Morgan fingerprint density at radius 3 is 1.08 bits per heavy atom. The summed E-state index contributed by atoms with van der Waals surface area (Å²) in [4.78, 5) is 0. The third-order valence-corrected chi connectivity index (χ3v) is 0. The molecule has 0 aromatic carbocycles. The molecule has 12 heavy (non-hydrogen) atoms. The van der Waals surface area contributed by atoms with Crippen molar-refractivity contribution >= 4 is 12.6 Å². The second kappa shape index (κ2) is 22.6. The molecule has 68 valence electrons. The van der Waals surface area contributed by atoms with Gasteiger partial charge in [-0.15, -0.1) is 0 Å². The first-order chi connectivity index (χ1) is 4.88. The number of nitriles is 1. The van der Waals surface area contributed by atoms with Crippen LogP contribution in [0.5, 0.6) is 0 Å². The van der Waals surface area contributed by atoms with Gasteiger partial charge < -0.3 is 22.8 Å². The molecule has 0 bridgehead atoms. The average molecular weight is 201 g/mol. The van der Waals surface area contributed by atoms with Crippen LogP contribution in [0.4, 0.5) is 0 Å². The minimum atomic E-state index is -0.167. The van der Waals surface area contributed by atoms with E-state index < -0.39 is 0 Å². The SMILES string of the molecule is CC(C)O.CC(C)O.N#C[S-].[Na+]. The number of thiocyanates is 1. The largest absolute Gasteiger partial charge is 1.00 e. The van der Waals surface area contributed by atoms with Crippen molar-refractivity contribution in [1.29, 1.82) is 5.26 Å². The molecular formula is C7H16NNaO2S. The molecule has 0 saturated carbocycles. The third kappa shape index (κ3) is 2480. The summed E-state index contributed by atoms with van der Waals surface area (Å²) in [5, 5.41) is 24.6. The van der Waals surface area contributed by atoms with E-state index in [4.69, 9.17) is 15.5 Å². The predicted octanol–water partition coefficient (Wildman–Crippen LogP) is -2.21. The van der Waals surface area contributed by atoms with E-state index in [2.05, 4.69) is 12.6 Å². The van der Waals surface area contributed by atoms with E-state index in [1.54, 1.807) is 27.7 Å². The molecule has 5 heteroatoms. The summed E-state index contributed by atoms with van der Waals surface area (Å²) in [5.74, 6) is 0. The molecule has 0 aliphatic carbocycles. The van der Waals surface area contributed by atoms with Crippen molar-refractivity contribution in [3.63, 3.8) is 0 Å². The van der Waals surface area contributed by atoms with Gasteiger partial charge in [0.2, 0.25) is 0 Å². The van der Waals surface area contributed by atoms with Crippen LogP contribution in [-0.4, -0.2) is 22.4 Å². The van der Waals surface area contributed by atoms with Crippen LogP contribution < -0.4 is 29.6 Å². The standard InChI is InChI=1S/2C3H8O.CHNS.Na/c2*1-3(2)4;2-1-3;/h2*3-4H,1-2H3;3H;/q;;;+1/p-1. The van der Waals surface area contributed by atoms with Gasteiger partial charge in [-0.2, -0.15) is 0 Å². The first-order valence-electron chi connectivity index (χ1n) is 3.25. The Morgan fingerprint density at radius 1 is 1.08 bits per heavy atom.